The van der Waals surface area contributed by atoms with Crippen LogP contribution in [0.25, 0.3) is 10.9 Å². The van der Waals surface area contributed by atoms with Gasteiger partial charge in [-0.3, -0.25) is 0 Å². The van der Waals surface area contributed by atoms with Crippen LogP contribution in [0.5, 0.6) is 11.5 Å². The highest BCUT2D eigenvalue weighted by Crippen LogP contribution is 2.38. The number of fused-ring (bicyclic) bond motifs is 2. The van der Waals surface area contributed by atoms with Crippen molar-refractivity contribution in [2.75, 3.05) is 13.2 Å². The zero-order chi connectivity index (χ0) is 14.3. The first-order chi connectivity index (χ1) is 9.58. The molecule has 1 aromatic heterocycles. The van der Waals surface area contributed by atoms with Crippen molar-refractivity contribution < 1.29 is 9.47 Å². The van der Waals surface area contributed by atoms with Gasteiger partial charge < -0.3 is 19.8 Å². The van der Waals surface area contributed by atoms with E-state index in [0.717, 1.165) is 24.3 Å². The largest absolute Gasteiger partial charge is 0.486 e. The highest BCUT2D eigenvalue weighted by atomic mass is 16.6. The number of rotatable bonds is 3. The van der Waals surface area contributed by atoms with E-state index in [9.17, 15) is 0 Å². The van der Waals surface area contributed by atoms with Crippen LogP contribution in [0.2, 0.25) is 0 Å². The van der Waals surface area contributed by atoms with E-state index in [4.69, 9.17) is 15.2 Å². The zero-order valence-electron chi connectivity index (χ0n) is 12.4. The number of nitrogens with two attached hydrogens (primary N) is 1. The summed E-state index contributed by atoms with van der Waals surface area (Å²) in [5.74, 6) is 1.71. The third-order valence-electron chi connectivity index (χ3n) is 4.14. The minimum atomic E-state index is 0.224. The molecule has 0 bridgehead atoms. The Morgan fingerprint density at radius 1 is 1.25 bits per heavy atom. The Morgan fingerprint density at radius 3 is 2.55 bits per heavy atom. The predicted molar refractivity (Wildman–Crippen MR) is 80.6 cm³/mol. The Labute approximate surface area is 119 Å². The molecule has 3 rings (SSSR count). The van der Waals surface area contributed by atoms with E-state index in [1.165, 1.54) is 22.2 Å². The summed E-state index contributed by atoms with van der Waals surface area (Å²) in [5.41, 5.74) is 9.77. The summed E-state index contributed by atoms with van der Waals surface area (Å²) < 4.78 is 13.6. The Bertz CT molecular complexity index is 644. The molecule has 0 fully saturated rings. The monoisotopic (exact) mass is 274 g/mol. The fraction of sp³-hybridized carbons (Fsp3) is 0.500. The van der Waals surface area contributed by atoms with E-state index < -0.39 is 0 Å². The molecular weight excluding hydrogens is 252 g/mol. The van der Waals surface area contributed by atoms with Crippen LogP contribution in [0.1, 0.15) is 24.6 Å². The van der Waals surface area contributed by atoms with Crippen molar-refractivity contribution in [3.8, 4) is 11.5 Å². The summed E-state index contributed by atoms with van der Waals surface area (Å²) in [6.07, 6.45) is 1.99. The first-order valence-corrected chi connectivity index (χ1v) is 7.21. The van der Waals surface area contributed by atoms with Gasteiger partial charge in [0.25, 0.3) is 0 Å². The number of aryl methyl sites for hydroxylation is 2. The molecule has 0 radical (unpaired) electrons. The van der Waals surface area contributed by atoms with Gasteiger partial charge in [-0.15, -0.1) is 0 Å². The topological polar surface area (TPSA) is 49.4 Å². The lowest BCUT2D eigenvalue weighted by Gasteiger charge is -2.18. The third kappa shape index (κ3) is 2.14. The van der Waals surface area contributed by atoms with Crippen molar-refractivity contribution >= 4 is 10.9 Å². The van der Waals surface area contributed by atoms with Crippen LogP contribution in [0.4, 0.5) is 0 Å². The third-order valence-corrected chi connectivity index (χ3v) is 4.14. The summed E-state index contributed by atoms with van der Waals surface area (Å²) >= 11 is 0. The van der Waals surface area contributed by atoms with E-state index in [1.54, 1.807) is 0 Å². The van der Waals surface area contributed by atoms with Gasteiger partial charge in [0, 0.05) is 30.2 Å². The molecule has 4 nitrogen and oxygen atoms in total. The zero-order valence-corrected chi connectivity index (χ0v) is 12.4. The van der Waals surface area contributed by atoms with Crippen LogP contribution in [-0.4, -0.2) is 23.8 Å². The molecule has 0 spiro atoms. The number of nitrogens with zero attached hydrogens (tertiary/aromatic N) is 1. The van der Waals surface area contributed by atoms with E-state index in [0.29, 0.717) is 13.2 Å². The van der Waals surface area contributed by atoms with Gasteiger partial charge in [0.1, 0.15) is 13.2 Å². The molecule has 108 valence electrons. The first-order valence-electron chi connectivity index (χ1n) is 7.21. The molecule has 2 aromatic rings. The van der Waals surface area contributed by atoms with Gasteiger partial charge in [-0.2, -0.15) is 0 Å². The molecule has 1 aliphatic rings. The molecule has 0 amide bonds. The second-order valence-electron chi connectivity index (χ2n) is 5.65. The van der Waals surface area contributed by atoms with Crippen LogP contribution < -0.4 is 15.2 Å². The fourth-order valence-corrected chi connectivity index (χ4v) is 2.86. The first kappa shape index (κ1) is 13.3. The number of ether oxygens (including phenoxy) is 2. The molecule has 0 saturated heterocycles. The maximum atomic E-state index is 5.90. The number of hydrogen-bond acceptors (Lipinski definition) is 3. The van der Waals surface area contributed by atoms with Crippen LogP contribution in [0.3, 0.4) is 0 Å². The van der Waals surface area contributed by atoms with Gasteiger partial charge in [0.15, 0.2) is 11.5 Å². The second-order valence-corrected chi connectivity index (χ2v) is 5.65. The van der Waals surface area contributed by atoms with Gasteiger partial charge in [-0.1, -0.05) is 0 Å². The smallest absolute Gasteiger partial charge is 0.163 e. The summed E-state index contributed by atoms with van der Waals surface area (Å²) in [6, 6.07) is 4.43. The average Bonchev–Trinajstić information content (AvgIpc) is 2.66. The average molecular weight is 274 g/mol. The lowest BCUT2D eigenvalue weighted by molar-refractivity contribution is 0.172. The molecule has 1 aliphatic heterocycles. The maximum Gasteiger partial charge on any atom is 0.163 e. The Balaban J connectivity index is 2.12. The van der Waals surface area contributed by atoms with Crippen molar-refractivity contribution in [1.82, 2.24) is 4.57 Å². The minimum absolute atomic E-state index is 0.224. The molecule has 2 heterocycles. The SMILES string of the molecule is Cc1c(CCC(C)N)c2cc3c(cc2n1C)OCCO3. The molecular formula is C16H22N2O2. The Hall–Kier alpha value is -1.68. The molecule has 0 saturated carbocycles. The van der Waals surface area contributed by atoms with Crippen molar-refractivity contribution in [2.45, 2.75) is 32.7 Å². The molecule has 1 aromatic carbocycles. The van der Waals surface area contributed by atoms with Gasteiger partial charge >= 0.3 is 0 Å². The van der Waals surface area contributed by atoms with Crippen LogP contribution >= 0.6 is 0 Å². The molecule has 1 atom stereocenters. The fourth-order valence-electron chi connectivity index (χ4n) is 2.86. The highest BCUT2D eigenvalue weighted by molar-refractivity contribution is 5.88. The molecule has 2 N–H and O–H groups in total. The lowest BCUT2D eigenvalue weighted by atomic mass is 10.0. The Morgan fingerprint density at radius 2 is 1.90 bits per heavy atom. The highest BCUT2D eigenvalue weighted by Gasteiger charge is 2.18. The van der Waals surface area contributed by atoms with E-state index in [1.807, 2.05) is 0 Å². The number of hydrogen-bond donors (Lipinski definition) is 1. The van der Waals surface area contributed by atoms with Gasteiger partial charge in [0.05, 0.1) is 5.52 Å². The van der Waals surface area contributed by atoms with Crippen LogP contribution in [-0.2, 0) is 13.5 Å². The van der Waals surface area contributed by atoms with Gasteiger partial charge in [0.2, 0.25) is 0 Å². The normalized spacial score (nSPS) is 15.6. The summed E-state index contributed by atoms with van der Waals surface area (Å²) in [6.45, 7) is 5.47. The van der Waals surface area contributed by atoms with Crippen molar-refractivity contribution in [2.24, 2.45) is 12.8 Å². The number of benzene rings is 1. The molecule has 1 unspecified atom stereocenters. The van der Waals surface area contributed by atoms with Crippen molar-refractivity contribution in [1.29, 1.82) is 0 Å². The number of aromatic nitrogens is 1. The minimum Gasteiger partial charge on any atom is -0.486 e. The van der Waals surface area contributed by atoms with Gasteiger partial charge in [-0.25, -0.2) is 0 Å². The lowest BCUT2D eigenvalue weighted by Crippen LogP contribution is -2.15. The second kappa shape index (κ2) is 5.02. The van der Waals surface area contributed by atoms with Crippen molar-refractivity contribution in [3.05, 3.63) is 23.4 Å². The summed E-state index contributed by atoms with van der Waals surface area (Å²) in [7, 11) is 2.10. The molecule has 0 aliphatic carbocycles. The van der Waals surface area contributed by atoms with E-state index in [-0.39, 0.29) is 6.04 Å². The van der Waals surface area contributed by atoms with Crippen molar-refractivity contribution in [3.63, 3.8) is 0 Å². The van der Waals surface area contributed by atoms with Gasteiger partial charge in [-0.05, 0) is 38.3 Å². The quantitative estimate of drug-likeness (QED) is 0.935. The summed E-state index contributed by atoms with van der Waals surface area (Å²) in [5, 5.41) is 1.26. The predicted octanol–water partition coefficient (Wildman–Crippen LogP) is 2.54. The summed E-state index contributed by atoms with van der Waals surface area (Å²) in [4.78, 5) is 0. The van der Waals surface area contributed by atoms with E-state index in [2.05, 4.69) is 37.6 Å². The van der Waals surface area contributed by atoms with Crippen LogP contribution in [0, 0.1) is 6.92 Å². The van der Waals surface area contributed by atoms with E-state index >= 15 is 0 Å². The maximum absolute atomic E-state index is 5.90. The molecule has 4 heteroatoms. The van der Waals surface area contributed by atoms with Crippen LogP contribution in [0.15, 0.2) is 12.1 Å². The Kier molecular flexibility index (Phi) is 3.34. The molecule has 20 heavy (non-hydrogen) atoms. The standard InChI is InChI=1S/C16H22N2O2/c1-10(17)4-5-12-11(2)18(3)14-9-16-15(8-13(12)14)19-6-7-20-16/h8-10H,4-7,17H2,1-3H3.